The van der Waals surface area contributed by atoms with Crippen molar-refractivity contribution < 1.29 is 9.57 Å². The predicted octanol–water partition coefficient (Wildman–Crippen LogP) is 1.15. The fourth-order valence-corrected chi connectivity index (χ4v) is 2.72. The van der Waals surface area contributed by atoms with E-state index < -0.39 is 0 Å². The van der Waals surface area contributed by atoms with Crippen LogP contribution in [0.5, 0.6) is 0 Å². The van der Waals surface area contributed by atoms with Crippen LogP contribution in [0, 0.1) is 0 Å². The molecule has 3 aromatic heterocycles. The number of anilines is 2. The van der Waals surface area contributed by atoms with Gasteiger partial charge in [-0.25, -0.2) is 4.98 Å². The molecule has 7 heteroatoms. The first kappa shape index (κ1) is 13.8. The summed E-state index contributed by atoms with van der Waals surface area (Å²) in [6.45, 7) is 0.640. The SMILES string of the molecule is CO[n+]1cccc(CNc2cc(N)nc3c(C4CC4)cnn23)c1. The smallest absolute Gasteiger partial charge is 0.227 e. The third-order valence-electron chi connectivity index (χ3n) is 4.06. The van der Waals surface area contributed by atoms with Crippen molar-refractivity contribution in [3.8, 4) is 0 Å². The molecular formula is C16H19N6O+. The Balaban J connectivity index is 1.63. The molecule has 1 saturated carbocycles. The Morgan fingerprint density at radius 3 is 3.13 bits per heavy atom. The zero-order valence-electron chi connectivity index (χ0n) is 12.9. The Hall–Kier alpha value is -2.83. The predicted molar refractivity (Wildman–Crippen MR) is 85.8 cm³/mol. The molecule has 0 aromatic carbocycles. The lowest BCUT2D eigenvalue weighted by Gasteiger charge is -2.09. The fraction of sp³-hybridized carbons (Fsp3) is 0.312. The number of hydrogen-bond donors (Lipinski definition) is 2. The van der Waals surface area contributed by atoms with Crippen LogP contribution in [0.15, 0.2) is 36.8 Å². The summed E-state index contributed by atoms with van der Waals surface area (Å²) in [5.74, 6) is 1.93. The summed E-state index contributed by atoms with van der Waals surface area (Å²) in [6, 6.07) is 5.78. The van der Waals surface area contributed by atoms with Crippen molar-refractivity contribution in [3.05, 3.63) is 47.9 Å². The number of nitrogens with one attached hydrogen (secondary N) is 1. The van der Waals surface area contributed by atoms with Gasteiger partial charge in [0.05, 0.1) is 6.20 Å². The molecule has 23 heavy (non-hydrogen) atoms. The van der Waals surface area contributed by atoms with Gasteiger partial charge in [0.1, 0.15) is 18.7 Å². The summed E-state index contributed by atoms with van der Waals surface area (Å²) in [5.41, 5.74) is 9.11. The average Bonchev–Trinajstić information content (AvgIpc) is 3.32. The number of hydrogen-bond acceptors (Lipinski definition) is 5. The van der Waals surface area contributed by atoms with E-state index in [1.807, 2.05) is 41.3 Å². The molecule has 3 heterocycles. The Labute approximate surface area is 133 Å². The summed E-state index contributed by atoms with van der Waals surface area (Å²) in [4.78, 5) is 9.63. The highest BCUT2D eigenvalue weighted by Gasteiger charge is 2.28. The van der Waals surface area contributed by atoms with E-state index in [1.165, 1.54) is 18.4 Å². The largest absolute Gasteiger partial charge is 0.384 e. The van der Waals surface area contributed by atoms with Crippen molar-refractivity contribution in [2.45, 2.75) is 25.3 Å². The van der Waals surface area contributed by atoms with Gasteiger partial charge in [-0.3, -0.25) is 4.84 Å². The van der Waals surface area contributed by atoms with Gasteiger partial charge in [-0.2, -0.15) is 9.61 Å². The van der Waals surface area contributed by atoms with Crippen molar-refractivity contribution in [2.24, 2.45) is 0 Å². The lowest BCUT2D eigenvalue weighted by Crippen LogP contribution is -2.40. The first-order valence-corrected chi connectivity index (χ1v) is 7.67. The minimum atomic E-state index is 0.502. The minimum Gasteiger partial charge on any atom is -0.384 e. The van der Waals surface area contributed by atoms with E-state index >= 15 is 0 Å². The highest BCUT2D eigenvalue weighted by molar-refractivity contribution is 5.60. The fourth-order valence-electron chi connectivity index (χ4n) is 2.72. The van der Waals surface area contributed by atoms with Crippen molar-refractivity contribution in [2.75, 3.05) is 18.2 Å². The summed E-state index contributed by atoms with van der Waals surface area (Å²) < 4.78 is 3.49. The van der Waals surface area contributed by atoms with Gasteiger partial charge >= 0.3 is 0 Å². The van der Waals surface area contributed by atoms with Crippen LogP contribution in [0.1, 0.15) is 29.9 Å². The monoisotopic (exact) mass is 311 g/mol. The van der Waals surface area contributed by atoms with E-state index in [0.717, 1.165) is 17.0 Å². The highest BCUT2D eigenvalue weighted by Crippen LogP contribution is 2.41. The molecule has 118 valence electrons. The molecule has 0 aliphatic heterocycles. The maximum atomic E-state index is 5.97. The van der Waals surface area contributed by atoms with Crippen LogP contribution in [0.25, 0.3) is 5.65 Å². The van der Waals surface area contributed by atoms with Crippen molar-refractivity contribution in [1.82, 2.24) is 14.6 Å². The van der Waals surface area contributed by atoms with Gasteiger partial charge in [0.2, 0.25) is 12.4 Å². The van der Waals surface area contributed by atoms with E-state index in [-0.39, 0.29) is 0 Å². The van der Waals surface area contributed by atoms with Crippen LogP contribution in [0.4, 0.5) is 11.6 Å². The quantitative estimate of drug-likeness (QED) is 0.691. The summed E-state index contributed by atoms with van der Waals surface area (Å²) in [5, 5.41) is 7.85. The first-order chi connectivity index (χ1) is 11.2. The second-order valence-electron chi connectivity index (χ2n) is 5.78. The molecule has 4 rings (SSSR count). The van der Waals surface area contributed by atoms with Crippen LogP contribution >= 0.6 is 0 Å². The first-order valence-electron chi connectivity index (χ1n) is 7.67. The third kappa shape index (κ3) is 2.65. The normalized spacial score (nSPS) is 14.1. The highest BCUT2D eigenvalue weighted by atomic mass is 16.6. The molecule has 3 aromatic rings. The molecule has 1 fully saturated rings. The summed E-state index contributed by atoms with van der Waals surface area (Å²) in [6.07, 6.45) is 8.10. The van der Waals surface area contributed by atoms with Gasteiger partial charge in [-0.1, -0.05) is 0 Å². The number of nitrogens with zero attached hydrogens (tertiary/aromatic N) is 4. The Bertz CT molecular complexity index is 855. The van der Waals surface area contributed by atoms with E-state index in [4.69, 9.17) is 10.6 Å². The Morgan fingerprint density at radius 2 is 2.35 bits per heavy atom. The van der Waals surface area contributed by atoms with Gasteiger partial charge in [-0.05, 0) is 24.8 Å². The van der Waals surface area contributed by atoms with Crippen LogP contribution in [-0.2, 0) is 6.54 Å². The van der Waals surface area contributed by atoms with Gasteiger partial charge in [0.15, 0.2) is 5.65 Å². The number of rotatable bonds is 5. The molecule has 7 nitrogen and oxygen atoms in total. The maximum Gasteiger partial charge on any atom is 0.227 e. The zero-order valence-corrected chi connectivity index (χ0v) is 12.9. The molecule has 0 bridgehead atoms. The maximum absolute atomic E-state index is 5.97. The van der Waals surface area contributed by atoms with Gasteiger partial charge in [0.25, 0.3) is 0 Å². The van der Waals surface area contributed by atoms with Crippen molar-refractivity contribution in [3.63, 3.8) is 0 Å². The van der Waals surface area contributed by atoms with E-state index in [2.05, 4.69) is 15.4 Å². The van der Waals surface area contributed by atoms with Crippen LogP contribution < -0.4 is 20.6 Å². The second-order valence-corrected chi connectivity index (χ2v) is 5.78. The van der Waals surface area contributed by atoms with Crippen LogP contribution in [0.3, 0.4) is 0 Å². The molecule has 0 saturated heterocycles. The standard InChI is InChI=1S/C16H19N6O/c1-23-21-6-2-3-11(10-21)8-18-15-7-14(17)20-16-13(12-4-5-12)9-19-22(15)16/h2-3,6-7,9-10,12,18H,4-5,8H2,1H3,(H2,17,20)/q+1. The molecular weight excluding hydrogens is 292 g/mol. The van der Waals surface area contributed by atoms with Crippen molar-refractivity contribution >= 4 is 17.3 Å². The molecule has 0 radical (unpaired) electrons. The number of aromatic nitrogens is 4. The summed E-state index contributed by atoms with van der Waals surface area (Å²) >= 11 is 0. The Morgan fingerprint density at radius 1 is 1.48 bits per heavy atom. The molecule has 1 aliphatic carbocycles. The molecule has 0 atom stereocenters. The van der Waals surface area contributed by atoms with E-state index in [1.54, 1.807) is 11.8 Å². The molecule has 1 aliphatic rings. The number of nitrogen functional groups attached to an aromatic ring is 1. The minimum absolute atomic E-state index is 0.502. The average molecular weight is 311 g/mol. The van der Waals surface area contributed by atoms with Gasteiger partial charge < -0.3 is 11.1 Å². The third-order valence-corrected chi connectivity index (χ3v) is 4.06. The van der Waals surface area contributed by atoms with Crippen LogP contribution in [-0.4, -0.2) is 21.7 Å². The number of pyridine rings is 1. The van der Waals surface area contributed by atoms with Crippen molar-refractivity contribution in [1.29, 1.82) is 0 Å². The topological polar surface area (TPSA) is 81.3 Å². The van der Waals surface area contributed by atoms with E-state index in [0.29, 0.717) is 18.3 Å². The molecule has 0 amide bonds. The number of fused-ring (bicyclic) bond motifs is 1. The van der Waals surface area contributed by atoms with E-state index in [9.17, 15) is 0 Å². The number of nitrogens with two attached hydrogens (primary N) is 1. The van der Waals surface area contributed by atoms with Gasteiger partial charge in [0, 0.05) is 34.5 Å². The summed E-state index contributed by atoms with van der Waals surface area (Å²) in [7, 11) is 1.63. The van der Waals surface area contributed by atoms with Crippen LogP contribution in [0.2, 0.25) is 0 Å². The Kier molecular flexibility index (Phi) is 3.25. The zero-order chi connectivity index (χ0) is 15.8. The lowest BCUT2D eigenvalue weighted by molar-refractivity contribution is -0.885. The molecule has 0 spiro atoms. The second kappa shape index (κ2) is 5.42. The molecule has 3 N–H and O–H groups in total. The molecule has 0 unspecified atom stereocenters. The van der Waals surface area contributed by atoms with Gasteiger partial charge in [-0.15, -0.1) is 0 Å². The lowest BCUT2D eigenvalue weighted by atomic mass is 10.2.